The molecule has 2 amide bonds. The molecule has 2 heterocycles. The van der Waals surface area contributed by atoms with Crippen molar-refractivity contribution in [2.75, 3.05) is 17.7 Å². The molecule has 0 aliphatic carbocycles. The van der Waals surface area contributed by atoms with Crippen molar-refractivity contribution in [2.24, 2.45) is 11.8 Å². The molecule has 0 saturated carbocycles. The van der Waals surface area contributed by atoms with E-state index in [2.05, 4.69) is 35.9 Å². The minimum atomic E-state index is -1.06. The first-order valence-electron chi connectivity index (χ1n) is 10.4. The molecule has 0 radical (unpaired) electrons. The molecule has 1 fully saturated rings. The lowest BCUT2D eigenvalue weighted by atomic mass is 9.78. The van der Waals surface area contributed by atoms with Gasteiger partial charge in [0.05, 0.1) is 13.0 Å². The van der Waals surface area contributed by atoms with E-state index in [1.807, 2.05) is 32.0 Å². The van der Waals surface area contributed by atoms with Crippen molar-refractivity contribution in [2.45, 2.75) is 45.7 Å². The summed E-state index contributed by atoms with van der Waals surface area (Å²) in [4.78, 5) is 26.8. The molecule has 2 aromatic carbocycles. The highest BCUT2D eigenvalue weighted by Gasteiger charge is 2.60. The third-order valence-corrected chi connectivity index (χ3v) is 6.41. The van der Waals surface area contributed by atoms with Crippen LogP contribution in [0, 0.1) is 25.7 Å². The maximum absolute atomic E-state index is 13.5. The smallest absolute Gasteiger partial charge is 0.250 e. The van der Waals surface area contributed by atoms with E-state index in [0.717, 1.165) is 28.1 Å². The fourth-order valence-corrected chi connectivity index (χ4v) is 4.80. The van der Waals surface area contributed by atoms with Crippen molar-refractivity contribution >= 4 is 23.2 Å². The Morgan fingerprint density at radius 3 is 2.53 bits per heavy atom. The number of nitrogens with one attached hydrogen (secondary N) is 3. The summed E-state index contributed by atoms with van der Waals surface area (Å²) in [5.74, 6) is 0.196. The highest BCUT2D eigenvalue weighted by atomic mass is 16.5. The Morgan fingerprint density at radius 1 is 1.20 bits per heavy atom. The second-order valence-corrected chi connectivity index (χ2v) is 8.77. The van der Waals surface area contributed by atoms with Crippen molar-refractivity contribution in [3.63, 3.8) is 0 Å². The predicted molar refractivity (Wildman–Crippen MR) is 118 cm³/mol. The Balaban J connectivity index is 1.74. The first-order chi connectivity index (χ1) is 14.3. The standard InChI is InChI=1S/C24H29N3O3/c1-13(2)20-12-19(22(28)25-16-6-8-17(30-5)9-7-16)24(27-20)18-11-14(3)10-15(4)21(18)26-23(24)29/h6-11,13,19-20,27H,12H2,1-5H3,(H,25,28)(H,26,29)/t19-,20-,24+/m0/s1. The molecule has 4 rings (SSSR count). The van der Waals surface area contributed by atoms with Gasteiger partial charge in [-0.05, 0) is 56.0 Å². The third kappa shape index (κ3) is 3.16. The van der Waals surface area contributed by atoms with Crippen molar-refractivity contribution in [3.05, 3.63) is 53.1 Å². The van der Waals surface area contributed by atoms with Crippen LogP contribution in [-0.4, -0.2) is 25.0 Å². The zero-order chi connectivity index (χ0) is 21.6. The molecule has 2 aliphatic heterocycles. The van der Waals surface area contributed by atoms with Gasteiger partial charge in [-0.25, -0.2) is 0 Å². The van der Waals surface area contributed by atoms with Crippen LogP contribution >= 0.6 is 0 Å². The minimum Gasteiger partial charge on any atom is -0.497 e. The maximum Gasteiger partial charge on any atom is 0.250 e. The molecule has 2 aliphatic rings. The highest BCUT2D eigenvalue weighted by Crippen LogP contribution is 2.49. The Hall–Kier alpha value is -2.86. The van der Waals surface area contributed by atoms with E-state index < -0.39 is 11.5 Å². The number of carbonyl (C=O) groups is 2. The number of ether oxygens (including phenoxy) is 1. The fourth-order valence-electron chi connectivity index (χ4n) is 4.80. The van der Waals surface area contributed by atoms with Gasteiger partial charge in [-0.1, -0.05) is 31.5 Å². The van der Waals surface area contributed by atoms with Crippen LogP contribution in [0.2, 0.25) is 0 Å². The van der Waals surface area contributed by atoms with E-state index in [0.29, 0.717) is 18.0 Å². The molecule has 0 aromatic heterocycles. The minimum absolute atomic E-state index is 0.0640. The number of hydrogen-bond acceptors (Lipinski definition) is 4. The second-order valence-electron chi connectivity index (χ2n) is 8.77. The molecular formula is C24H29N3O3. The van der Waals surface area contributed by atoms with Gasteiger partial charge in [0.1, 0.15) is 11.3 Å². The molecule has 3 N–H and O–H groups in total. The zero-order valence-corrected chi connectivity index (χ0v) is 18.1. The lowest BCUT2D eigenvalue weighted by Crippen LogP contribution is -2.52. The topological polar surface area (TPSA) is 79.5 Å². The van der Waals surface area contributed by atoms with Crippen molar-refractivity contribution in [1.29, 1.82) is 0 Å². The summed E-state index contributed by atoms with van der Waals surface area (Å²) in [5.41, 5.74) is 3.42. The summed E-state index contributed by atoms with van der Waals surface area (Å²) in [6.07, 6.45) is 0.597. The Morgan fingerprint density at radius 2 is 1.90 bits per heavy atom. The predicted octanol–water partition coefficient (Wildman–Crippen LogP) is 3.73. The van der Waals surface area contributed by atoms with Gasteiger partial charge in [-0.3, -0.25) is 14.9 Å². The Kier molecular flexibility index (Phi) is 5.06. The average molecular weight is 408 g/mol. The molecule has 30 heavy (non-hydrogen) atoms. The van der Waals surface area contributed by atoms with Gasteiger partial charge >= 0.3 is 0 Å². The van der Waals surface area contributed by atoms with E-state index in [1.54, 1.807) is 19.2 Å². The third-order valence-electron chi connectivity index (χ3n) is 6.41. The van der Waals surface area contributed by atoms with Gasteiger partial charge in [0.2, 0.25) is 11.8 Å². The Bertz CT molecular complexity index is 1000. The van der Waals surface area contributed by atoms with Gasteiger partial charge in [0.15, 0.2) is 0 Å². The summed E-state index contributed by atoms with van der Waals surface area (Å²) in [6.45, 7) is 8.24. The molecule has 1 saturated heterocycles. The number of aryl methyl sites for hydroxylation is 2. The number of benzene rings is 2. The molecule has 6 heteroatoms. The molecule has 0 unspecified atom stereocenters. The van der Waals surface area contributed by atoms with Crippen LogP contribution in [0.25, 0.3) is 0 Å². The van der Waals surface area contributed by atoms with Crippen molar-refractivity contribution in [1.82, 2.24) is 5.32 Å². The van der Waals surface area contributed by atoms with Crippen LogP contribution in [-0.2, 0) is 15.1 Å². The van der Waals surface area contributed by atoms with Crippen LogP contribution in [0.5, 0.6) is 5.75 Å². The number of anilines is 2. The van der Waals surface area contributed by atoms with Crippen LogP contribution in [0.1, 0.15) is 37.0 Å². The van der Waals surface area contributed by atoms with Gasteiger partial charge in [0, 0.05) is 23.0 Å². The largest absolute Gasteiger partial charge is 0.497 e. The summed E-state index contributed by atoms with van der Waals surface area (Å²) >= 11 is 0. The molecule has 6 nitrogen and oxygen atoms in total. The number of rotatable bonds is 4. The molecular weight excluding hydrogens is 378 g/mol. The first kappa shape index (κ1) is 20.4. The lowest BCUT2D eigenvalue weighted by Gasteiger charge is -2.30. The van der Waals surface area contributed by atoms with E-state index in [4.69, 9.17) is 4.74 Å². The first-order valence-corrected chi connectivity index (χ1v) is 10.4. The molecule has 2 aromatic rings. The maximum atomic E-state index is 13.5. The summed E-state index contributed by atoms with van der Waals surface area (Å²) in [6, 6.07) is 11.4. The monoisotopic (exact) mass is 407 g/mol. The number of methoxy groups -OCH3 is 1. The van der Waals surface area contributed by atoms with Crippen LogP contribution < -0.4 is 20.7 Å². The second kappa shape index (κ2) is 7.43. The molecule has 0 bridgehead atoms. The lowest BCUT2D eigenvalue weighted by molar-refractivity contribution is -0.130. The number of fused-ring (bicyclic) bond motifs is 2. The van der Waals surface area contributed by atoms with Crippen molar-refractivity contribution < 1.29 is 14.3 Å². The number of amides is 2. The van der Waals surface area contributed by atoms with E-state index >= 15 is 0 Å². The van der Waals surface area contributed by atoms with Crippen LogP contribution in [0.4, 0.5) is 11.4 Å². The van der Waals surface area contributed by atoms with E-state index in [9.17, 15) is 9.59 Å². The molecule has 158 valence electrons. The molecule has 1 spiro atoms. The van der Waals surface area contributed by atoms with E-state index in [-0.39, 0.29) is 17.9 Å². The molecule has 3 atom stereocenters. The van der Waals surface area contributed by atoms with Crippen LogP contribution in [0.15, 0.2) is 36.4 Å². The summed E-state index contributed by atoms with van der Waals surface area (Å²) in [7, 11) is 1.60. The SMILES string of the molecule is COc1ccc(NC(=O)[C@@H]2C[C@@H](C(C)C)N[C@@]23C(=O)Nc2c(C)cc(C)cc23)cc1. The number of carbonyl (C=O) groups excluding carboxylic acids is 2. The van der Waals surface area contributed by atoms with Crippen molar-refractivity contribution in [3.8, 4) is 5.75 Å². The summed E-state index contributed by atoms with van der Waals surface area (Å²) in [5, 5.41) is 9.63. The van der Waals surface area contributed by atoms with Gasteiger partial charge in [0.25, 0.3) is 0 Å². The average Bonchev–Trinajstić information content (AvgIpc) is 3.24. The fraction of sp³-hybridized carbons (Fsp3) is 0.417. The number of hydrogen-bond donors (Lipinski definition) is 3. The normalized spacial score (nSPS) is 24.8. The van der Waals surface area contributed by atoms with Gasteiger partial charge < -0.3 is 15.4 Å². The zero-order valence-electron chi connectivity index (χ0n) is 18.1. The van der Waals surface area contributed by atoms with E-state index in [1.165, 1.54) is 0 Å². The quantitative estimate of drug-likeness (QED) is 0.722. The van der Waals surface area contributed by atoms with Crippen LogP contribution in [0.3, 0.4) is 0 Å². The highest BCUT2D eigenvalue weighted by molar-refractivity contribution is 6.11. The summed E-state index contributed by atoms with van der Waals surface area (Å²) < 4.78 is 5.19. The van der Waals surface area contributed by atoms with Gasteiger partial charge in [-0.2, -0.15) is 0 Å². The van der Waals surface area contributed by atoms with Gasteiger partial charge in [-0.15, -0.1) is 0 Å². The Labute approximate surface area is 177 Å².